The zero-order chi connectivity index (χ0) is 12.0. The molecule has 0 aliphatic carbocycles. The number of rotatable bonds is 1. The van der Waals surface area contributed by atoms with Gasteiger partial charge in [-0.3, -0.25) is 0 Å². The summed E-state index contributed by atoms with van der Waals surface area (Å²) >= 11 is 0. The van der Waals surface area contributed by atoms with Gasteiger partial charge in [0, 0.05) is 30.6 Å². The molecule has 0 saturated carbocycles. The van der Waals surface area contributed by atoms with E-state index in [2.05, 4.69) is 49.0 Å². The number of fused-ring (bicyclic) bond motifs is 1. The summed E-state index contributed by atoms with van der Waals surface area (Å²) in [5, 5.41) is 4.90. The van der Waals surface area contributed by atoms with E-state index < -0.39 is 0 Å². The predicted octanol–water partition coefficient (Wildman–Crippen LogP) is 2.87. The number of nitrogens with zero attached hydrogens (tertiary/aromatic N) is 1. The Morgan fingerprint density at radius 1 is 1.29 bits per heavy atom. The number of hydrogen-bond acceptors (Lipinski definition) is 1. The SMILES string of the molecule is Cc1c(C2CCNC2)n(C)c2c(C)cccc12. The lowest BCUT2D eigenvalue weighted by Gasteiger charge is -2.12. The molecule has 1 aliphatic heterocycles. The average molecular weight is 228 g/mol. The van der Waals surface area contributed by atoms with Crippen molar-refractivity contribution in [3.63, 3.8) is 0 Å². The van der Waals surface area contributed by atoms with E-state index in [0.717, 1.165) is 13.1 Å². The van der Waals surface area contributed by atoms with Crippen LogP contribution in [0.15, 0.2) is 18.2 Å². The summed E-state index contributed by atoms with van der Waals surface area (Å²) in [6, 6.07) is 6.63. The van der Waals surface area contributed by atoms with Crippen LogP contribution in [-0.4, -0.2) is 17.7 Å². The van der Waals surface area contributed by atoms with Crippen molar-refractivity contribution >= 4 is 10.9 Å². The predicted molar refractivity (Wildman–Crippen MR) is 72.6 cm³/mol. The highest BCUT2D eigenvalue weighted by atomic mass is 15.0. The monoisotopic (exact) mass is 228 g/mol. The number of para-hydroxylation sites is 1. The molecule has 1 N–H and O–H groups in total. The van der Waals surface area contributed by atoms with E-state index in [0.29, 0.717) is 5.92 Å². The molecule has 1 atom stereocenters. The summed E-state index contributed by atoms with van der Waals surface area (Å²) in [6.45, 7) is 6.77. The molecule has 1 fully saturated rings. The molecule has 1 aromatic heterocycles. The van der Waals surface area contributed by atoms with E-state index >= 15 is 0 Å². The van der Waals surface area contributed by atoms with E-state index in [1.807, 2.05) is 0 Å². The maximum atomic E-state index is 3.47. The highest BCUT2D eigenvalue weighted by Crippen LogP contribution is 2.33. The van der Waals surface area contributed by atoms with Crippen LogP contribution in [0.3, 0.4) is 0 Å². The van der Waals surface area contributed by atoms with Gasteiger partial charge < -0.3 is 9.88 Å². The quantitative estimate of drug-likeness (QED) is 0.794. The first kappa shape index (κ1) is 10.8. The van der Waals surface area contributed by atoms with E-state index in [1.165, 1.54) is 34.1 Å². The molecule has 90 valence electrons. The second kappa shape index (κ2) is 3.88. The molecule has 1 aliphatic rings. The highest BCUT2D eigenvalue weighted by Gasteiger charge is 2.23. The van der Waals surface area contributed by atoms with Crippen LogP contribution >= 0.6 is 0 Å². The number of aryl methyl sites for hydroxylation is 3. The first-order valence-electron chi connectivity index (χ1n) is 6.45. The van der Waals surface area contributed by atoms with E-state index in [-0.39, 0.29) is 0 Å². The smallest absolute Gasteiger partial charge is 0.0512 e. The summed E-state index contributed by atoms with van der Waals surface area (Å²) < 4.78 is 2.41. The van der Waals surface area contributed by atoms with Crippen molar-refractivity contribution < 1.29 is 0 Å². The van der Waals surface area contributed by atoms with Crippen LogP contribution in [0.2, 0.25) is 0 Å². The van der Waals surface area contributed by atoms with Crippen molar-refractivity contribution in [1.82, 2.24) is 9.88 Å². The molecule has 1 saturated heterocycles. The molecule has 2 nitrogen and oxygen atoms in total. The van der Waals surface area contributed by atoms with Gasteiger partial charge >= 0.3 is 0 Å². The van der Waals surface area contributed by atoms with Gasteiger partial charge in [0.1, 0.15) is 0 Å². The molecule has 2 heterocycles. The Kier molecular flexibility index (Phi) is 2.48. The van der Waals surface area contributed by atoms with Crippen LogP contribution in [0.1, 0.15) is 29.2 Å². The van der Waals surface area contributed by atoms with Crippen LogP contribution in [0, 0.1) is 13.8 Å². The number of benzene rings is 1. The summed E-state index contributed by atoms with van der Waals surface area (Å²) in [7, 11) is 2.22. The Balaban J connectivity index is 2.28. The third kappa shape index (κ3) is 1.51. The lowest BCUT2D eigenvalue weighted by molar-refractivity contribution is 0.688. The minimum atomic E-state index is 0.687. The van der Waals surface area contributed by atoms with Crippen molar-refractivity contribution in [3.8, 4) is 0 Å². The third-order valence-electron chi connectivity index (χ3n) is 4.17. The Hall–Kier alpha value is -1.28. The Labute approximate surface area is 103 Å². The molecule has 17 heavy (non-hydrogen) atoms. The van der Waals surface area contributed by atoms with Crippen LogP contribution < -0.4 is 5.32 Å². The molecule has 0 radical (unpaired) electrons. The molecule has 3 rings (SSSR count). The van der Waals surface area contributed by atoms with Gasteiger partial charge in [-0.05, 0) is 37.9 Å². The first-order chi connectivity index (χ1) is 8.20. The molecule has 0 spiro atoms. The minimum absolute atomic E-state index is 0.687. The highest BCUT2D eigenvalue weighted by molar-refractivity contribution is 5.88. The summed E-state index contributed by atoms with van der Waals surface area (Å²) in [4.78, 5) is 0. The molecule has 1 unspecified atom stereocenters. The molecular formula is C15H20N2. The second-order valence-electron chi connectivity index (χ2n) is 5.23. The minimum Gasteiger partial charge on any atom is -0.347 e. The van der Waals surface area contributed by atoms with Crippen LogP contribution in [-0.2, 0) is 7.05 Å². The maximum absolute atomic E-state index is 3.47. The standard InChI is InChI=1S/C15H20N2/c1-10-5-4-6-13-11(2)15(17(3)14(10)13)12-7-8-16-9-12/h4-6,12,16H,7-9H2,1-3H3. The number of nitrogens with one attached hydrogen (secondary N) is 1. The molecule has 0 bridgehead atoms. The van der Waals surface area contributed by atoms with Crippen LogP contribution in [0.5, 0.6) is 0 Å². The normalized spacial score (nSPS) is 20.3. The zero-order valence-corrected chi connectivity index (χ0v) is 10.9. The third-order valence-corrected chi connectivity index (χ3v) is 4.17. The van der Waals surface area contributed by atoms with Gasteiger partial charge in [0.05, 0.1) is 5.52 Å². The lowest BCUT2D eigenvalue weighted by atomic mass is 10.00. The zero-order valence-electron chi connectivity index (χ0n) is 10.9. The summed E-state index contributed by atoms with van der Waals surface area (Å²) in [5.41, 5.74) is 5.79. The Bertz CT molecular complexity index is 560. The molecule has 2 heteroatoms. The average Bonchev–Trinajstić information content (AvgIpc) is 2.88. The fourth-order valence-corrected chi connectivity index (χ4v) is 3.38. The van der Waals surface area contributed by atoms with Gasteiger partial charge in [-0.15, -0.1) is 0 Å². The fourth-order valence-electron chi connectivity index (χ4n) is 3.38. The van der Waals surface area contributed by atoms with Crippen LogP contribution in [0.25, 0.3) is 10.9 Å². The molecular weight excluding hydrogens is 208 g/mol. The second-order valence-corrected chi connectivity index (χ2v) is 5.23. The van der Waals surface area contributed by atoms with E-state index in [4.69, 9.17) is 0 Å². The number of hydrogen-bond donors (Lipinski definition) is 1. The summed E-state index contributed by atoms with van der Waals surface area (Å²) in [6.07, 6.45) is 1.27. The Morgan fingerprint density at radius 2 is 2.12 bits per heavy atom. The Morgan fingerprint density at radius 3 is 2.76 bits per heavy atom. The van der Waals surface area contributed by atoms with Crippen molar-refractivity contribution in [2.75, 3.05) is 13.1 Å². The molecule has 1 aromatic carbocycles. The van der Waals surface area contributed by atoms with Crippen molar-refractivity contribution in [2.24, 2.45) is 7.05 Å². The van der Waals surface area contributed by atoms with Crippen molar-refractivity contribution in [3.05, 3.63) is 35.0 Å². The molecule has 0 amide bonds. The molecule has 2 aromatic rings. The van der Waals surface area contributed by atoms with Gasteiger partial charge in [0.15, 0.2) is 0 Å². The topological polar surface area (TPSA) is 17.0 Å². The van der Waals surface area contributed by atoms with Gasteiger partial charge in [0.2, 0.25) is 0 Å². The van der Waals surface area contributed by atoms with Crippen molar-refractivity contribution in [1.29, 1.82) is 0 Å². The first-order valence-corrected chi connectivity index (χ1v) is 6.45. The largest absolute Gasteiger partial charge is 0.347 e. The summed E-state index contributed by atoms with van der Waals surface area (Å²) in [5.74, 6) is 0.687. The van der Waals surface area contributed by atoms with Gasteiger partial charge in [-0.2, -0.15) is 0 Å². The van der Waals surface area contributed by atoms with Gasteiger partial charge in [-0.25, -0.2) is 0 Å². The van der Waals surface area contributed by atoms with Gasteiger partial charge in [0.25, 0.3) is 0 Å². The van der Waals surface area contributed by atoms with Crippen LogP contribution in [0.4, 0.5) is 0 Å². The fraction of sp³-hybridized carbons (Fsp3) is 0.467. The van der Waals surface area contributed by atoms with E-state index in [9.17, 15) is 0 Å². The number of aromatic nitrogens is 1. The maximum Gasteiger partial charge on any atom is 0.0512 e. The van der Waals surface area contributed by atoms with E-state index in [1.54, 1.807) is 0 Å². The van der Waals surface area contributed by atoms with Gasteiger partial charge in [-0.1, -0.05) is 18.2 Å². The lowest BCUT2D eigenvalue weighted by Crippen LogP contribution is -2.11. The van der Waals surface area contributed by atoms with Crippen molar-refractivity contribution in [2.45, 2.75) is 26.2 Å².